The van der Waals surface area contributed by atoms with Gasteiger partial charge < -0.3 is 14.2 Å². The lowest BCUT2D eigenvalue weighted by Gasteiger charge is -2.28. The molecule has 0 saturated carbocycles. The largest absolute Gasteiger partial charge is 0.385 e. The van der Waals surface area contributed by atoms with E-state index in [0.717, 1.165) is 59.0 Å². The second-order valence-corrected chi connectivity index (χ2v) is 9.02. The fourth-order valence-corrected chi connectivity index (χ4v) is 5.02. The smallest absolute Gasteiger partial charge is 0.255 e. The van der Waals surface area contributed by atoms with Gasteiger partial charge in [-0.1, -0.05) is 18.2 Å². The average molecular weight is 474 g/mol. The Kier molecular flexibility index (Phi) is 6.25. The summed E-state index contributed by atoms with van der Waals surface area (Å²) in [6.45, 7) is 6.77. The molecule has 1 aromatic carbocycles. The lowest BCUT2D eigenvalue weighted by molar-refractivity contribution is 0.0732. The highest BCUT2D eigenvalue weighted by Crippen LogP contribution is 2.31. The molecule has 9 nitrogen and oxygen atoms in total. The molecule has 0 spiro atoms. The number of hydrogen-bond donors (Lipinski definition) is 0. The standard InChI is InChI=1S/C26H31N7O2/c1-18-15-21(19(2)32(18)12-8-14-35-4)26(34)31-13-11-23-22(16-31)24(29-30(23)3)25-28-27-17-33(25)20-9-6-5-7-10-20/h5-7,9-10,15,17H,8,11-14,16H2,1-4H3. The van der Waals surface area contributed by atoms with E-state index in [-0.39, 0.29) is 5.91 Å². The van der Waals surface area contributed by atoms with Crippen LogP contribution in [0.2, 0.25) is 0 Å². The van der Waals surface area contributed by atoms with Crippen LogP contribution in [0.3, 0.4) is 0 Å². The van der Waals surface area contributed by atoms with E-state index in [4.69, 9.17) is 9.84 Å². The van der Waals surface area contributed by atoms with Gasteiger partial charge in [0.25, 0.3) is 5.91 Å². The zero-order chi connectivity index (χ0) is 24.5. The summed E-state index contributed by atoms with van der Waals surface area (Å²) in [6, 6.07) is 12.0. The van der Waals surface area contributed by atoms with E-state index in [9.17, 15) is 4.79 Å². The Morgan fingerprint density at radius 1 is 1.17 bits per heavy atom. The Morgan fingerprint density at radius 2 is 1.97 bits per heavy atom. The summed E-state index contributed by atoms with van der Waals surface area (Å²) in [4.78, 5) is 15.6. The first kappa shape index (κ1) is 23.0. The summed E-state index contributed by atoms with van der Waals surface area (Å²) in [5, 5.41) is 13.4. The van der Waals surface area contributed by atoms with Gasteiger partial charge in [0.1, 0.15) is 12.0 Å². The van der Waals surface area contributed by atoms with Crippen LogP contribution in [0.5, 0.6) is 0 Å². The monoisotopic (exact) mass is 473 g/mol. The molecule has 0 saturated heterocycles. The summed E-state index contributed by atoms with van der Waals surface area (Å²) in [6.07, 6.45) is 3.36. The van der Waals surface area contributed by atoms with Crippen LogP contribution in [0.25, 0.3) is 17.2 Å². The Labute approximate surface area is 204 Å². The van der Waals surface area contributed by atoms with Crippen molar-refractivity contribution in [2.75, 3.05) is 20.3 Å². The molecule has 0 fully saturated rings. The molecule has 1 amide bonds. The van der Waals surface area contributed by atoms with Gasteiger partial charge in [-0.15, -0.1) is 10.2 Å². The quantitative estimate of drug-likeness (QED) is 0.385. The molecule has 5 rings (SSSR count). The number of nitrogens with zero attached hydrogens (tertiary/aromatic N) is 7. The van der Waals surface area contributed by atoms with Crippen LogP contribution in [0.4, 0.5) is 0 Å². The first-order chi connectivity index (χ1) is 17.0. The zero-order valence-corrected chi connectivity index (χ0v) is 20.7. The number of hydrogen-bond acceptors (Lipinski definition) is 5. The molecular formula is C26H31N7O2. The average Bonchev–Trinajstić information content (AvgIpc) is 3.56. The fourth-order valence-electron chi connectivity index (χ4n) is 5.02. The van der Waals surface area contributed by atoms with Crippen molar-refractivity contribution in [3.63, 3.8) is 0 Å². The van der Waals surface area contributed by atoms with Crippen LogP contribution in [-0.2, 0) is 31.3 Å². The van der Waals surface area contributed by atoms with E-state index in [2.05, 4.69) is 21.7 Å². The molecule has 0 atom stereocenters. The second kappa shape index (κ2) is 9.50. The van der Waals surface area contributed by atoms with Crippen LogP contribution in [0, 0.1) is 13.8 Å². The topological polar surface area (TPSA) is 83.0 Å². The van der Waals surface area contributed by atoms with E-state index in [0.29, 0.717) is 25.5 Å². The molecule has 9 heteroatoms. The number of para-hydroxylation sites is 1. The van der Waals surface area contributed by atoms with Gasteiger partial charge in [0.15, 0.2) is 5.82 Å². The summed E-state index contributed by atoms with van der Waals surface area (Å²) >= 11 is 0. The molecule has 3 aromatic heterocycles. The molecule has 4 aromatic rings. The third-order valence-electron chi connectivity index (χ3n) is 6.86. The third kappa shape index (κ3) is 4.16. The predicted octanol–water partition coefficient (Wildman–Crippen LogP) is 3.32. The molecule has 182 valence electrons. The summed E-state index contributed by atoms with van der Waals surface area (Å²) in [7, 11) is 3.67. The number of benzene rings is 1. The van der Waals surface area contributed by atoms with Crippen molar-refractivity contribution in [1.29, 1.82) is 0 Å². The number of aryl methyl sites for hydroxylation is 2. The van der Waals surface area contributed by atoms with E-state index in [1.54, 1.807) is 13.4 Å². The Balaban J connectivity index is 1.45. The Morgan fingerprint density at radius 3 is 2.74 bits per heavy atom. The molecule has 0 unspecified atom stereocenters. The van der Waals surface area contributed by atoms with Crippen LogP contribution in [0.15, 0.2) is 42.7 Å². The maximum absolute atomic E-state index is 13.6. The summed E-state index contributed by atoms with van der Waals surface area (Å²) in [5.41, 5.74) is 6.77. The van der Waals surface area contributed by atoms with Gasteiger partial charge >= 0.3 is 0 Å². The molecule has 0 radical (unpaired) electrons. The van der Waals surface area contributed by atoms with Crippen LogP contribution >= 0.6 is 0 Å². The minimum absolute atomic E-state index is 0.0565. The van der Waals surface area contributed by atoms with Crippen LogP contribution < -0.4 is 0 Å². The lowest BCUT2D eigenvalue weighted by atomic mass is 10.0. The number of ether oxygens (including phenoxy) is 1. The summed E-state index contributed by atoms with van der Waals surface area (Å²) < 4.78 is 11.3. The normalized spacial score (nSPS) is 13.3. The van der Waals surface area contributed by atoms with Crippen LogP contribution in [0.1, 0.15) is 39.4 Å². The van der Waals surface area contributed by atoms with Crippen molar-refractivity contribution in [3.8, 4) is 17.2 Å². The number of methoxy groups -OCH3 is 1. The van der Waals surface area contributed by atoms with Gasteiger partial charge in [-0.25, -0.2) is 0 Å². The van der Waals surface area contributed by atoms with E-state index in [1.165, 1.54) is 0 Å². The van der Waals surface area contributed by atoms with Crippen molar-refractivity contribution in [3.05, 3.63) is 70.9 Å². The SMILES string of the molecule is COCCCn1c(C)cc(C(=O)N2CCc3c(c(-c4nncn4-c4ccccc4)nn3C)C2)c1C. The number of carbonyl (C=O) groups excluding carboxylic acids is 1. The van der Waals surface area contributed by atoms with Crippen molar-refractivity contribution in [2.45, 2.75) is 39.8 Å². The molecule has 1 aliphatic rings. The Bertz CT molecular complexity index is 1350. The van der Waals surface area contributed by atoms with Gasteiger partial charge in [-0.3, -0.25) is 14.0 Å². The molecule has 35 heavy (non-hydrogen) atoms. The van der Waals surface area contributed by atoms with Gasteiger partial charge in [-0.05, 0) is 38.5 Å². The van der Waals surface area contributed by atoms with E-state index < -0.39 is 0 Å². The summed E-state index contributed by atoms with van der Waals surface area (Å²) in [5.74, 6) is 0.736. The maximum atomic E-state index is 13.6. The number of aromatic nitrogens is 6. The molecule has 1 aliphatic heterocycles. The fraction of sp³-hybridized carbons (Fsp3) is 0.385. The van der Waals surface area contributed by atoms with Crippen molar-refractivity contribution < 1.29 is 9.53 Å². The number of amides is 1. The van der Waals surface area contributed by atoms with Crippen molar-refractivity contribution in [1.82, 2.24) is 34.0 Å². The predicted molar refractivity (Wildman–Crippen MR) is 132 cm³/mol. The highest BCUT2D eigenvalue weighted by Gasteiger charge is 2.31. The highest BCUT2D eigenvalue weighted by atomic mass is 16.5. The number of rotatable bonds is 7. The highest BCUT2D eigenvalue weighted by molar-refractivity contribution is 5.96. The number of fused-ring (bicyclic) bond motifs is 1. The first-order valence-electron chi connectivity index (χ1n) is 11.9. The first-order valence-corrected chi connectivity index (χ1v) is 11.9. The molecular weight excluding hydrogens is 442 g/mol. The second-order valence-electron chi connectivity index (χ2n) is 9.02. The molecule has 0 bridgehead atoms. The zero-order valence-electron chi connectivity index (χ0n) is 20.7. The van der Waals surface area contributed by atoms with Gasteiger partial charge in [0, 0.05) is 68.6 Å². The minimum atomic E-state index is 0.0565. The number of carbonyl (C=O) groups is 1. The Hall–Kier alpha value is -3.72. The van der Waals surface area contributed by atoms with E-state index >= 15 is 0 Å². The van der Waals surface area contributed by atoms with Gasteiger partial charge in [0.05, 0.1) is 12.1 Å². The van der Waals surface area contributed by atoms with Gasteiger partial charge in [-0.2, -0.15) is 5.10 Å². The molecule has 4 heterocycles. The van der Waals surface area contributed by atoms with Crippen molar-refractivity contribution in [2.24, 2.45) is 7.05 Å². The maximum Gasteiger partial charge on any atom is 0.255 e. The lowest BCUT2D eigenvalue weighted by Crippen LogP contribution is -2.36. The van der Waals surface area contributed by atoms with Crippen LogP contribution in [-0.4, -0.2) is 60.2 Å². The minimum Gasteiger partial charge on any atom is -0.385 e. The van der Waals surface area contributed by atoms with E-state index in [1.807, 2.05) is 64.5 Å². The van der Waals surface area contributed by atoms with Crippen molar-refractivity contribution >= 4 is 5.91 Å². The van der Waals surface area contributed by atoms with Gasteiger partial charge in [0.2, 0.25) is 0 Å². The molecule has 0 aliphatic carbocycles. The third-order valence-corrected chi connectivity index (χ3v) is 6.86. The molecule has 0 N–H and O–H groups in total.